The number of carbonyl (C=O) groups is 2. The highest BCUT2D eigenvalue weighted by Gasteiger charge is 2.17. The van der Waals surface area contributed by atoms with Gasteiger partial charge in [-0.1, -0.05) is 0 Å². The van der Waals surface area contributed by atoms with Crippen molar-refractivity contribution in [2.75, 3.05) is 13.7 Å². The summed E-state index contributed by atoms with van der Waals surface area (Å²) in [4.78, 5) is 24.4. The molecule has 0 unspecified atom stereocenters. The zero-order chi connectivity index (χ0) is 18.8. The quantitative estimate of drug-likeness (QED) is 0.501. The summed E-state index contributed by atoms with van der Waals surface area (Å²) in [6.45, 7) is 3.52. The highest BCUT2D eigenvalue weighted by atomic mass is 16.5. The number of fused-ring (bicyclic) bond motifs is 1. The predicted octanol–water partition coefficient (Wildman–Crippen LogP) is 3.37. The van der Waals surface area contributed by atoms with E-state index in [1.807, 2.05) is 37.6 Å². The Hall–Kier alpha value is -3.02. The van der Waals surface area contributed by atoms with Crippen LogP contribution < -0.4 is 4.74 Å². The molecule has 1 aromatic carbocycles. The van der Waals surface area contributed by atoms with Crippen molar-refractivity contribution in [1.82, 2.24) is 4.57 Å². The minimum absolute atomic E-state index is 0.0411. The van der Waals surface area contributed by atoms with Gasteiger partial charge in [0.25, 0.3) is 0 Å². The van der Waals surface area contributed by atoms with Crippen molar-refractivity contribution in [2.45, 2.75) is 20.3 Å². The van der Waals surface area contributed by atoms with Gasteiger partial charge in [-0.05, 0) is 32.0 Å². The average molecular weight is 355 g/mol. The summed E-state index contributed by atoms with van der Waals surface area (Å²) in [6, 6.07) is 7.20. The van der Waals surface area contributed by atoms with Crippen molar-refractivity contribution in [1.29, 1.82) is 0 Å². The summed E-state index contributed by atoms with van der Waals surface area (Å²) in [7, 11) is 3.47. The molecule has 0 aliphatic heterocycles. The Bertz CT molecular complexity index is 980. The molecule has 3 rings (SSSR count). The van der Waals surface area contributed by atoms with Crippen molar-refractivity contribution in [3.63, 3.8) is 0 Å². The van der Waals surface area contributed by atoms with Crippen LogP contribution in [0.5, 0.6) is 5.75 Å². The van der Waals surface area contributed by atoms with Crippen LogP contribution >= 0.6 is 0 Å². The number of furan rings is 1. The molecule has 0 saturated heterocycles. The molecule has 0 bridgehead atoms. The number of hydrogen-bond acceptors (Lipinski definition) is 5. The number of rotatable bonds is 6. The lowest BCUT2D eigenvalue weighted by atomic mass is 10.1. The van der Waals surface area contributed by atoms with Gasteiger partial charge in [0.1, 0.15) is 11.3 Å². The Morgan fingerprint density at radius 3 is 2.62 bits per heavy atom. The lowest BCUT2D eigenvalue weighted by Gasteiger charge is -2.05. The Morgan fingerprint density at radius 2 is 1.96 bits per heavy atom. The molecule has 3 aromatic rings. The van der Waals surface area contributed by atoms with Crippen LogP contribution in [0.3, 0.4) is 0 Å². The molecule has 0 spiro atoms. The molecular formula is C20H21NO5. The topological polar surface area (TPSA) is 70.7 Å². The molecule has 0 N–H and O–H groups in total. The third kappa shape index (κ3) is 3.35. The molecule has 0 atom stereocenters. The fourth-order valence-corrected chi connectivity index (χ4v) is 2.90. The van der Waals surface area contributed by atoms with E-state index in [4.69, 9.17) is 13.9 Å². The maximum Gasteiger partial charge on any atom is 0.310 e. The molecule has 2 heterocycles. The highest BCUT2D eigenvalue weighted by molar-refractivity contribution is 5.99. The van der Waals surface area contributed by atoms with E-state index in [1.165, 1.54) is 6.26 Å². The van der Waals surface area contributed by atoms with Gasteiger partial charge in [0.05, 0.1) is 19.8 Å². The molecule has 6 heteroatoms. The zero-order valence-corrected chi connectivity index (χ0v) is 15.3. The first-order valence-electron chi connectivity index (χ1n) is 8.26. The monoisotopic (exact) mass is 355 g/mol. The number of ether oxygens (including phenoxy) is 2. The van der Waals surface area contributed by atoms with Crippen LogP contribution in [0.2, 0.25) is 0 Å². The van der Waals surface area contributed by atoms with Crippen molar-refractivity contribution < 1.29 is 23.5 Å². The Morgan fingerprint density at radius 1 is 1.19 bits per heavy atom. The van der Waals surface area contributed by atoms with Gasteiger partial charge in [0, 0.05) is 41.0 Å². The highest BCUT2D eigenvalue weighted by Crippen LogP contribution is 2.26. The fraction of sp³-hybridized carbons (Fsp3) is 0.300. The lowest BCUT2D eigenvalue weighted by Crippen LogP contribution is -2.16. The van der Waals surface area contributed by atoms with Crippen LogP contribution in [-0.2, 0) is 23.0 Å². The fourth-order valence-electron chi connectivity index (χ4n) is 2.90. The minimum Gasteiger partial charge on any atom is -0.497 e. The molecule has 0 amide bonds. The molecule has 0 saturated carbocycles. The van der Waals surface area contributed by atoms with Crippen LogP contribution in [0.4, 0.5) is 0 Å². The number of aryl methyl sites for hydroxylation is 1. The second kappa shape index (κ2) is 7.07. The molecule has 26 heavy (non-hydrogen) atoms. The summed E-state index contributed by atoms with van der Waals surface area (Å²) in [5.41, 5.74) is 3.78. The number of nitrogens with zero attached hydrogens (tertiary/aromatic N) is 1. The van der Waals surface area contributed by atoms with Crippen molar-refractivity contribution in [3.8, 4) is 5.75 Å². The standard InChI is InChI=1S/C20H21NO5/c1-12-7-17(13(2)21(12)3)18(22)11-26-20(23)8-14-10-25-19-9-15(24-4)5-6-16(14)19/h5-7,9-10H,8,11H2,1-4H3. The van der Waals surface area contributed by atoms with Gasteiger partial charge in [0.2, 0.25) is 5.78 Å². The Labute approximate surface area is 151 Å². The summed E-state index contributed by atoms with van der Waals surface area (Å²) < 4.78 is 17.7. The number of aromatic nitrogens is 1. The van der Waals surface area contributed by atoms with Crippen molar-refractivity contribution in [3.05, 3.63) is 53.0 Å². The zero-order valence-electron chi connectivity index (χ0n) is 15.3. The third-order valence-electron chi connectivity index (χ3n) is 4.64. The van der Waals surface area contributed by atoms with Gasteiger partial charge < -0.3 is 18.5 Å². The van der Waals surface area contributed by atoms with E-state index in [-0.39, 0.29) is 18.8 Å². The lowest BCUT2D eigenvalue weighted by molar-refractivity contribution is -0.141. The average Bonchev–Trinajstić information content (AvgIpc) is 3.15. The van der Waals surface area contributed by atoms with E-state index in [0.717, 1.165) is 16.8 Å². The number of esters is 1. The Balaban J connectivity index is 1.64. The summed E-state index contributed by atoms with van der Waals surface area (Å²) in [6.07, 6.45) is 1.57. The largest absolute Gasteiger partial charge is 0.497 e. The number of Topliss-reactive ketones (excluding diaryl/α,β-unsaturated/α-hetero) is 1. The van der Waals surface area contributed by atoms with Crippen LogP contribution in [0.25, 0.3) is 11.0 Å². The second-order valence-corrected chi connectivity index (χ2v) is 6.23. The molecule has 0 aliphatic rings. The van der Waals surface area contributed by atoms with E-state index in [1.54, 1.807) is 19.2 Å². The number of benzene rings is 1. The van der Waals surface area contributed by atoms with E-state index in [0.29, 0.717) is 22.5 Å². The van der Waals surface area contributed by atoms with Gasteiger partial charge in [0.15, 0.2) is 6.61 Å². The van der Waals surface area contributed by atoms with Crippen molar-refractivity contribution in [2.24, 2.45) is 7.05 Å². The number of hydrogen-bond donors (Lipinski definition) is 0. The van der Waals surface area contributed by atoms with Crippen LogP contribution in [0.15, 0.2) is 34.9 Å². The molecule has 0 fully saturated rings. The van der Waals surface area contributed by atoms with Crippen molar-refractivity contribution >= 4 is 22.7 Å². The Kier molecular flexibility index (Phi) is 4.84. The van der Waals surface area contributed by atoms with Crippen LogP contribution in [-0.4, -0.2) is 30.0 Å². The predicted molar refractivity (Wildman–Crippen MR) is 96.6 cm³/mol. The molecule has 2 aromatic heterocycles. The maximum absolute atomic E-state index is 12.3. The normalized spacial score (nSPS) is 10.9. The number of carbonyl (C=O) groups excluding carboxylic acids is 2. The molecule has 136 valence electrons. The molecule has 6 nitrogen and oxygen atoms in total. The number of methoxy groups -OCH3 is 1. The van der Waals surface area contributed by atoms with E-state index >= 15 is 0 Å². The smallest absolute Gasteiger partial charge is 0.310 e. The number of ketones is 1. The third-order valence-corrected chi connectivity index (χ3v) is 4.64. The molecule has 0 radical (unpaired) electrons. The first-order chi connectivity index (χ1) is 12.4. The second-order valence-electron chi connectivity index (χ2n) is 6.23. The summed E-state index contributed by atoms with van der Waals surface area (Å²) in [5, 5.41) is 0.823. The summed E-state index contributed by atoms with van der Waals surface area (Å²) in [5.74, 6) is 0.00334. The van der Waals surface area contributed by atoms with E-state index < -0.39 is 5.97 Å². The van der Waals surface area contributed by atoms with Crippen LogP contribution in [0.1, 0.15) is 27.3 Å². The van der Waals surface area contributed by atoms with Gasteiger partial charge >= 0.3 is 5.97 Å². The van der Waals surface area contributed by atoms with E-state index in [9.17, 15) is 9.59 Å². The van der Waals surface area contributed by atoms with Gasteiger partial charge in [-0.25, -0.2) is 0 Å². The van der Waals surface area contributed by atoms with Gasteiger partial charge in [-0.2, -0.15) is 0 Å². The summed E-state index contributed by atoms with van der Waals surface area (Å²) >= 11 is 0. The van der Waals surface area contributed by atoms with Gasteiger partial charge in [-0.15, -0.1) is 0 Å². The van der Waals surface area contributed by atoms with Crippen LogP contribution in [0, 0.1) is 13.8 Å². The van der Waals surface area contributed by atoms with Gasteiger partial charge in [-0.3, -0.25) is 9.59 Å². The molecule has 0 aliphatic carbocycles. The van der Waals surface area contributed by atoms with E-state index in [2.05, 4.69) is 0 Å². The first-order valence-corrected chi connectivity index (χ1v) is 8.26. The molecular weight excluding hydrogens is 334 g/mol. The maximum atomic E-state index is 12.3. The minimum atomic E-state index is -0.470. The first kappa shape index (κ1) is 17.8. The SMILES string of the molecule is COc1ccc2c(CC(=O)OCC(=O)c3cc(C)n(C)c3C)coc2c1.